The van der Waals surface area contributed by atoms with Gasteiger partial charge in [0.15, 0.2) is 5.78 Å². The lowest BCUT2D eigenvalue weighted by Gasteiger charge is -2.21. The van der Waals surface area contributed by atoms with Gasteiger partial charge in [-0.15, -0.1) is 0 Å². The maximum Gasteiger partial charge on any atom is 0.158 e. The number of rotatable bonds is 4. The molecule has 0 atom stereocenters. The Balaban J connectivity index is 4.04. The summed E-state index contributed by atoms with van der Waals surface area (Å²) in [5, 5.41) is 0. The van der Waals surface area contributed by atoms with Crippen LogP contribution in [0.4, 0.5) is 0 Å². The normalized spacial score (nSPS) is 11.3. The molecule has 0 unspecified atom stereocenters. The third kappa shape index (κ3) is 3.97. The smallest absolute Gasteiger partial charge is 0.158 e. The van der Waals surface area contributed by atoms with E-state index in [4.69, 9.17) is 0 Å². The van der Waals surface area contributed by atoms with Crippen LogP contribution in [0.2, 0.25) is 0 Å². The molecule has 1 nitrogen and oxygen atoms in total. The lowest BCUT2D eigenvalue weighted by atomic mass is 9.83. The summed E-state index contributed by atoms with van der Waals surface area (Å²) < 4.78 is 0. The quantitative estimate of drug-likeness (QED) is 0.569. The van der Waals surface area contributed by atoms with Crippen LogP contribution in [0, 0.1) is 5.41 Å². The summed E-state index contributed by atoms with van der Waals surface area (Å²) in [6, 6.07) is 0. The minimum absolute atomic E-state index is 0.135. The first-order valence-corrected chi connectivity index (χ1v) is 4.08. The van der Waals surface area contributed by atoms with Gasteiger partial charge in [0.2, 0.25) is 0 Å². The van der Waals surface area contributed by atoms with E-state index in [2.05, 4.69) is 27.4 Å². The minimum atomic E-state index is 0.135. The van der Waals surface area contributed by atoms with Crippen LogP contribution < -0.4 is 0 Å². The van der Waals surface area contributed by atoms with E-state index in [1.165, 1.54) is 0 Å². The molecule has 0 radical (unpaired) electrons. The lowest BCUT2D eigenvalue weighted by molar-refractivity contribution is -0.117. The van der Waals surface area contributed by atoms with Crippen LogP contribution in [0.1, 0.15) is 40.5 Å². The molecule has 0 rings (SSSR count). The Labute approximate surface area is 69.5 Å². The van der Waals surface area contributed by atoms with Crippen molar-refractivity contribution in [2.45, 2.75) is 40.5 Å². The largest absolute Gasteiger partial charge is 0.295 e. The fraction of sp³-hybridized carbons (Fsp3) is 0.700. The molecule has 0 aromatic heterocycles. The molecule has 64 valence electrons. The van der Waals surface area contributed by atoms with Crippen LogP contribution >= 0.6 is 0 Å². The Morgan fingerprint density at radius 1 is 1.45 bits per heavy atom. The van der Waals surface area contributed by atoms with Crippen molar-refractivity contribution in [3.63, 3.8) is 0 Å². The molecular formula is C10H18O. The van der Waals surface area contributed by atoms with Crippen molar-refractivity contribution in [2.75, 3.05) is 0 Å². The third-order valence-electron chi connectivity index (χ3n) is 2.07. The van der Waals surface area contributed by atoms with Gasteiger partial charge >= 0.3 is 0 Å². The van der Waals surface area contributed by atoms with Crippen molar-refractivity contribution < 1.29 is 4.79 Å². The Kier molecular flexibility index (Phi) is 3.50. The van der Waals surface area contributed by atoms with E-state index in [1.54, 1.807) is 6.92 Å². The Morgan fingerprint density at radius 2 is 1.91 bits per heavy atom. The summed E-state index contributed by atoms with van der Waals surface area (Å²) in [5.41, 5.74) is 0.808. The van der Waals surface area contributed by atoms with E-state index in [-0.39, 0.29) is 11.2 Å². The van der Waals surface area contributed by atoms with Gasteiger partial charge in [0.05, 0.1) is 0 Å². The van der Waals surface area contributed by atoms with Crippen LogP contribution in [-0.2, 0) is 4.79 Å². The number of hydrogen-bond acceptors (Lipinski definition) is 1. The average molecular weight is 154 g/mol. The summed E-state index contributed by atoms with van der Waals surface area (Å²) in [7, 11) is 0. The van der Waals surface area contributed by atoms with Gasteiger partial charge in [-0.1, -0.05) is 33.8 Å². The van der Waals surface area contributed by atoms with E-state index in [9.17, 15) is 4.79 Å². The first-order chi connectivity index (χ1) is 4.89. The molecule has 0 spiro atoms. The SMILES string of the molecule is C=C(C)C(=O)CC(C)(C)CC. The van der Waals surface area contributed by atoms with Crippen LogP contribution in [0.5, 0.6) is 0 Å². The van der Waals surface area contributed by atoms with Crippen LogP contribution in [0.3, 0.4) is 0 Å². The second kappa shape index (κ2) is 3.70. The highest BCUT2D eigenvalue weighted by Gasteiger charge is 2.19. The van der Waals surface area contributed by atoms with Gasteiger partial charge in [-0.05, 0) is 17.9 Å². The number of carbonyl (C=O) groups excluding carboxylic acids is 1. The molecule has 0 amide bonds. The van der Waals surface area contributed by atoms with Gasteiger partial charge in [-0.3, -0.25) is 4.79 Å². The second-order valence-corrected chi connectivity index (χ2v) is 3.90. The van der Waals surface area contributed by atoms with Gasteiger partial charge in [0.1, 0.15) is 0 Å². The molecular weight excluding hydrogens is 136 g/mol. The first-order valence-electron chi connectivity index (χ1n) is 4.08. The summed E-state index contributed by atoms with van der Waals surface area (Å²) in [6.45, 7) is 11.7. The lowest BCUT2D eigenvalue weighted by Crippen LogP contribution is -2.16. The van der Waals surface area contributed by atoms with E-state index < -0.39 is 0 Å². The first kappa shape index (κ1) is 10.4. The van der Waals surface area contributed by atoms with Crippen LogP contribution in [-0.4, -0.2) is 5.78 Å². The Hall–Kier alpha value is -0.590. The standard InChI is InChI=1S/C10H18O/c1-6-10(4,5)7-9(11)8(2)3/h2,6-7H2,1,3-5H3. The molecule has 0 fully saturated rings. The molecule has 0 aromatic carbocycles. The van der Waals surface area contributed by atoms with Crippen molar-refractivity contribution in [1.29, 1.82) is 0 Å². The maximum atomic E-state index is 11.2. The molecule has 0 saturated heterocycles. The zero-order valence-electron chi connectivity index (χ0n) is 8.03. The number of carbonyl (C=O) groups is 1. The molecule has 0 saturated carbocycles. The van der Waals surface area contributed by atoms with Crippen molar-refractivity contribution in [3.05, 3.63) is 12.2 Å². The van der Waals surface area contributed by atoms with Crippen molar-refractivity contribution in [2.24, 2.45) is 5.41 Å². The molecule has 11 heavy (non-hydrogen) atoms. The molecule has 0 aliphatic heterocycles. The average Bonchev–Trinajstić information content (AvgIpc) is 1.87. The molecule has 0 aliphatic carbocycles. The van der Waals surface area contributed by atoms with Crippen LogP contribution in [0.25, 0.3) is 0 Å². The number of hydrogen-bond donors (Lipinski definition) is 0. The maximum absolute atomic E-state index is 11.2. The third-order valence-corrected chi connectivity index (χ3v) is 2.07. The number of ketones is 1. The summed E-state index contributed by atoms with van der Waals surface area (Å²) in [5.74, 6) is 0.192. The van der Waals surface area contributed by atoms with Crippen molar-refractivity contribution >= 4 is 5.78 Å². The van der Waals surface area contributed by atoms with Gasteiger partial charge in [0.25, 0.3) is 0 Å². The highest BCUT2D eigenvalue weighted by Crippen LogP contribution is 2.25. The predicted octanol–water partition coefficient (Wildman–Crippen LogP) is 2.96. The Bertz CT molecular complexity index is 166. The summed E-state index contributed by atoms with van der Waals surface area (Å²) >= 11 is 0. The zero-order valence-corrected chi connectivity index (χ0v) is 8.03. The Morgan fingerprint density at radius 3 is 2.18 bits per heavy atom. The van der Waals surface area contributed by atoms with Gasteiger partial charge in [-0.25, -0.2) is 0 Å². The van der Waals surface area contributed by atoms with E-state index in [1.807, 2.05) is 0 Å². The van der Waals surface area contributed by atoms with E-state index >= 15 is 0 Å². The molecule has 1 heteroatoms. The van der Waals surface area contributed by atoms with Crippen LogP contribution in [0.15, 0.2) is 12.2 Å². The summed E-state index contributed by atoms with van der Waals surface area (Å²) in [4.78, 5) is 11.2. The monoisotopic (exact) mass is 154 g/mol. The van der Waals surface area contributed by atoms with Crippen molar-refractivity contribution in [3.8, 4) is 0 Å². The number of allylic oxidation sites excluding steroid dienone is 1. The van der Waals surface area contributed by atoms with Gasteiger partial charge in [-0.2, -0.15) is 0 Å². The highest BCUT2D eigenvalue weighted by atomic mass is 16.1. The highest BCUT2D eigenvalue weighted by molar-refractivity contribution is 5.94. The second-order valence-electron chi connectivity index (χ2n) is 3.90. The van der Waals surface area contributed by atoms with Gasteiger partial charge < -0.3 is 0 Å². The molecule has 0 aromatic rings. The minimum Gasteiger partial charge on any atom is -0.295 e. The van der Waals surface area contributed by atoms with E-state index in [0.717, 1.165) is 6.42 Å². The molecule has 0 heterocycles. The predicted molar refractivity (Wildman–Crippen MR) is 48.5 cm³/mol. The number of Topliss-reactive ketones (excluding diaryl/α,β-unsaturated/α-hetero) is 1. The summed E-state index contributed by atoms with van der Waals surface area (Å²) in [6.07, 6.45) is 1.66. The van der Waals surface area contributed by atoms with Gasteiger partial charge in [0, 0.05) is 6.42 Å². The topological polar surface area (TPSA) is 17.1 Å². The fourth-order valence-corrected chi connectivity index (χ4v) is 0.711. The van der Waals surface area contributed by atoms with Crippen molar-refractivity contribution in [1.82, 2.24) is 0 Å². The fourth-order valence-electron chi connectivity index (χ4n) is 0.711. The molecule has 0 aliphatic rings. The molecule has 0 bridgehead atoms. The van der Waals surface area contributed by atoms with E-state index in [0.29, 0.717) is 12.0 Å². The zero-order chi connectivity index (χ0) is 9.07. The molecule has 0 N–H and O–H groups in total.